The maximum atomic E-state index is 12.1. The lowest BCUT2D eigenvalue weighted by atomic mass is 10.0. The standard InChI is InChI=1S/C39H74O5/c1-3-5-7-9-11-13-14-15-16-17-18-19-20-21-22-23-24-26-27-29-31-33-38(41)43-36-37(35-40)44-39(42)34-32-30-28-25-12-10-8-6-4-2/h15-16,37,40H,3-14,17-36H2,1-2H3/b16-15+/t37-/m0/s1. The highest BCUT2D eigenvalue weighted by atomic mass is 16.6. The van der Waals surface area contributed by atoms with Gasteiger partial charge in [-0.3, -0.25) is 9.59 Å². The van der Waals surface area contributed by atoms with Gasteiger partial charge in [0.05, 0.1) is 6.61 Å². The highest BCUT2D eigenvalue weighted by Gasteiger charge is 2.16. The first-order valence-electron chi connectivity index (χ1n) is 19.2. The topological polar surface area (TPSA) is 72.8 Å². The molecule has 260 valence electrons. The second-order valence-corrected chi connectivity index (χ2v) is 13.0. The van der Waals surface area contributed by atoms with Crippen molar-refractivity contribution in [2.45, 2.75) is 213 Å². The van der Waals surface area contributed by atoms with E-state index in [2.05, 4.69) is 26.0 Å². The number of carbonyl (C=O) groups is 2. The normalized spacial score (nSPS) is 12.2. The van der Waals surface area contributed by atoms with Crippen molar-refractivity contribution in [2.24, 2.45) is 0 Å². The van der Waals surface area contributed by atoms with Crippen LogP contribution in [-0.2, 0) is 19.1 Å². The zero-order valence-electron chi connectivity index (χ0n) is 29.4. The monoisotopic (exact) mass is 623 g/mol. The Morgan fingerprint density at radius 3 is 1.23 bits per heavy atom. The van der Waals surface area contributed by atoms with Gasteiger partial charge in [-0.2, -0.15) is 0 Å². The lowest BCUT2D eigenvalue weighted by Crippen LogP contribution is -2.28. The van der Waals surface area contributed by atoms with Gasteiger partial charge in [0.15, 0.2) is 6.10 Å². The van der Waals surface area contributed by atoms with Gasteiger partial charge in [-0.1, -0.05) is 167 Å². The number of ether oxygens (including phenoxy) is 2. The molecule has 0 rings (SSSR count). The average Bonchev–Trinajstić information content (AvgIpc) is 3.02. The van der Waals surface area contributed by atoms with Crippen LogP contribution in [0.25, 0.3) is 0 Å². The van der Waals surface area contributed by atoms with Crippen molar-refractivity contribution in [1.82, 2.24) is 0 Å². The molecule has 0 aliphatic heterocycles. The molecule has 44 heavy (non-hydrogen) atoms. The molecule has 1 N–H and O–H groups in total. The molecule has 0 unspecified atom stereocenters. The number of esters is 2. The number of aliphatic hydroxyl groups is 1. The molecule has 1 atom stereocenters. The lowest BCUT2D eigenvalue weighted by Gasteiger charge is -2.15. The highest BCUT2D eigenvalue weighted by molar-refractivity contribution is 5.70. The van der Waals surface area contributed by atoms with E-state index in [4.69, 9.17) is 9.47 Å². The summed E-state index contributed by atoms with van der Waals surface area (Å²) >= 11 is 0. The number of hydrogen-bond donors (Lipinski definition) is 1. The van der Waals surface area contributed by atoms with Crippen LogP contribution < -0.4 is 0 Å². The summed E-state index contributed by atoms with van der Waals surface area (Å²) in [5.74, 6) is -0.587. The molecule has 0 amide bonds. The van der Waals surface area contributed by atoms with Gasteiger partial charge in [0.1, 0.15) is 6.61 Å². The van der Waals surface area contributed by atoms with Crippen LogP contribution in [0.15, 0.2) is 12.2 Å². The van der Waals surface area contributed by atoms with Crippen LogP contribution in [0.3, 0.4) is 0 Å². The lowest BCUT2D eigenvalue weighted by molar-refractivity contribution is -0.161. The molecule has 0 spiro atoms. The van der Waals surface area contributed by atoms with Crippen LogP contribution in [0.2, 0.25) is 0 Å². The fraction of sp³-hybridized carbons (Fsp3) is 0.897. The van der Waals surface area contributed by atoms with Crippen molar-refractivity contribution in [3.05, 3.63) is 12.2 Å². The summed E-state index contributed by atoms with van der Waals surface area (Å²) in [6, 6.07) is 0. The molecule has 0 fully saturated rings. The van der Waals surface area contributed by atoms with Gasteiger partial charge in [-0.05, 0) is 38.5 Å². The number of unbranched alkanes of at least 4 members (excludes halogenated alkanes) is 25. The third kappa shape index (κ3) is 33.5. The number of aliphatic hydroxyl groups excluding tert-OH is 1. The Hall–Kier alpha value is -1.36. The van der Waals surface area contributed by atoms with Crippen LogP contribution in [0.5, 0.6) is 0 Å². The van der Waals surface area contributed by atoms with E-state index in [1.807, 2.05) is 0 Å². The van der Waals surface area contributed by atoms with Crippen molar-refractivity contribution in [3.8, 4) is 0 Å². The summed E-state index contributed by atoms with van der Waals surface area (Å²) in [4.78, 5) is 24.1. The van der Waals surface area contributed by atoms with E-state index in [0.717, 1.165) is 38.5 Å². The van der Waals surface area contributed by atoms with Crippen LogP contribution in [0.4, 0.5) is 0 Å². The molecule has 0 saturated carbocycles. The Labute approximate surface area is 273 Å². The first-order chi connectivity index (χ1) is 21.6. The number of carbonyl (C=O) groups excluding carboxylic acids is 2. The molecule has 0 aliphatic carbocycles. The molecule has 5 nitrogen and oxygen atoms in total. The molecule has 0 heterocycles. The molecular weight excluding hydrogens is 548 g/mol. The van der Waals surface area contributed by atoms with Gasteiger partial charge in [-0.15, -0.1) is 0 Å². The van der Waals surface area contributed by atoms with E-state index in [0.29, 0.717) is 12.8 Å². The molecule has 5 heteroatoms. The molecule has 0 aromatic carbocycles. The summed E-state index contributed by atoms with van der Waals surface area (Å²) in [5, 5.41) is 9.50. The van der Waals surface area contributed by atoms with Crippen LogP contribution >= 0.6 is 0 Å². The molecule has 0 radical (unpaired) electrons. The highest BCUT2D eigenvalue weighted by Crippen LogP contribution is 2.14. The summed E-state index contributed by atoms with van der Waals surface area (Å²) in [7, 11) is 0. The van der Waals surface area contributed by atoms with Gasteiger partial charge in [-0.25, -0.2) is 0 Å². The third-order valence-electron chi connectivity index (χ3n) is 8.56. The maximum absolute atomic E-state index is 12.1. The van der Waals surface area contributed by atoms with Crippen molar-refractivity contribution in [1.29, 1.82) is 0 Å². The van der Waals surface area contributed by atoms with Crippen LogP contribution in [0.1, 0.15) is 206 Å². The van der Waals surface area contributed by atoms with Gasteiger partial charge < -0.3 is 14.6 Å². The molecule has 0 saturated heterocycles. The summed E-state index contributed by atoms with van der Waals surface area (Å²) in [5.41, 5.74) is 0. The minimum Gasteiger partial charge on any atom is -0.462 e. The van der Waals surface area contributed by atoms with E-state index in [-0.39, 0.29) is 25.2 Å². The minimum atomic E-state index is -0.762. The predicted octanol–water partition coefficient (Wildman–Crippen LogP) is 11.7. The fourth-order valence-corrected chi connectivity index (χ4v) is 5.61. The first-order valence-corrected chi connectivity index (χ1v) is 19.2. The van der Waals surface area contributed by atoms with Gasteiger partial charge in [0.25, 0.3) is 0 Å². The Balaban J connectivity index is 3.47. The third-order valence-corrected chi connectivity index (χ3v) is 8.56. The second kappa shape index (κ2) is 36.1. The van der Waals surface area contributed by atoms with Crippen molar-refractivity contribution in [2.75, 3.05) is 13.2 Å². The Kier molecular flexibility index (Phi) is 35.0. The van der Waals surface area contributed by atoms with Crippen molar-refractivity contribution >= 4 is 11.9 Å². The minimum absolute atomic E-state index is 0.0607. The van der Waals surface area contributed by atoms with E-state index in [1.165, 1.54) is 141 Å². The molecule has 0 aromatic rings. The van der Waals surface area contributed by atoms with Crippen molar-refractivity contribution in [3.63, 3.8) is 0 Å². The first kappa shape index (κ1) is 42.6. The second-order valence-electron chi connectivity index (χ2n) is 13.0. The van der Waals surface area contributed by atoms with E-state index in [1.54, 1.807) is 0 Å². The van der Waals surface area contributed by atoms with E-state index >= 15 is 0 Å². The Bertz CT molecular complexity index is 632. The number of rotatable bonds is 35. The number of allylic oxidation sites excluding steroid dienone is 2. The zero-order chi connectivity index (χ0) is 32.2. The molecule has 0 bridgehead atoms. The fourth-order valence-electron chi connectivity index (χ4n) is 5.61. The quantitative estimate of drug-likeness (QED) is 0.0432. The average molecular weight is 623 g/mol. The summed E-state index contributed by atoms with van der Waals surface area (Å²) in [6.45, 7) is 4.12. The Morgan fingerprint density at radius 1 is 0.500 bits per heavy atom. The van der Waals surface area contributed by atoms with Gasteiger partial charge >= 0.3 is 11.9 Å². The SMILES string of the molecule is CCCCCCCC/C=C/CCCCCCCCCCCCCC(=O)OC[C@H](CO)OC(=O)CCCCCCCCCCC. The smallest absolute Gasteiger partial charge is 0.306 e. The molecule has 0 aliphatic rings. The van der Waals surface area contributed by atoms with E-state index in [9.17, 15) is 14.7 Å². The zero-order valence-corrected chi connectivity index (χ0v) is 29.4. The maximum Gasteiger partial charge on any atom is 0.306 e. The van der Waals surface area contributed by atoms with Crippen LogP contribution in [-0.4, -0.2) is 36.4 Å². The van der Waals surface area contributed by atoms with Crippen LogP contribution in [0, 0.1) is 0 Å². The summed E-state index contributed by atoms with van der Waals surface area (Å²) < 4.78 is 10.6. The molecular formula is C39H74O5. The van der Waals surface area contributed by atoms with Gasteiger partial charge in [0.2, 0.25) is 0 Å². The molecule has 0 aromatic heterocycles. The van der Waals surface area contributed by atoms with E-state index < -0.39 is 6.10 Å². The Morgan fingerprint density at radius 2 is 0.841 bits per heavy atom. The largest absolute Gasteiger partial charge is 0.462 e. The number of hydrogen-bond acceptors (Lipinski definition) is 5. The predicted molar refractivity (Wildman–Crippen MR) is 187 cm³/mol. The van der Waals surface area contributed by atoms with Crippen molar-refractivity contribution < 1.29 is 24.2 Å². The summed E-state index contributed by atoms with van der Waals surface area (Å²) in [6.07, 6.45) is 40.0. The van der Waals surface area contributed by atoms with Gasteiger partial charge in [0, 0.05) is 12.8 Å².